The van der Waals surface area contributed by atoms with Crippen LogP contribution < -0.4 is 10.1 Å². The zero-order valence-electron chi connectivity index (χ0n) is 10.6. The molecule has 0 saturated heterocycles. The van der Waals surface area contributed by atoms with Gasteiger partial charge in [-0.25, -0.2) is 19.2 Å². The summed E-state index contributed by atoms with van der Waals surface area (Å²) in [7, 11) is 1.61. The van der Waals surface area contributed by atoms with Crippen molar-refractivity contribution in [2.45, 2.75) is 6.61 Å². The topological polar surface area (TPSA) is 84.3 Å². The van der Waals surface area contributed by atoms with Crippen molar-refractivity contribution in [3.63, 3.8) is 0 Å². The number of benzene rings is 1. The number of carboxylic acid groups (broad SMARTS) is 1. The number of hydrogen-bond acceptors (Lipinski definition) is 5. The van der Waals surface area contributed by atoms with E-state index in [1.165, 1.54) is 18.2 Å². The summed E-state index contributed by atoms with van der Waals surface area (Å²) in [5.74, 6) is -1.11. The molecule has 0 bridgehead atoms. The minimum Gasteiger partial charge on any atom is -0.483 e. The van der Waals surface area contributed by atoms with Crippen molar-refractivity contribution in [3.05, 3.63) is 47.7 Å². The molecule has 0 unspecified atom stereocenters. The summed E-state index contributed by atoms with van der Waals surface area (Å²) >= 11 is 0. The highest BCUT2D eigenvalue weighted by Gasteiger charge is 2.11. The Hall–Kier alpha value is -2.70. The minimum absolute atomic E-state index is 0.0582. The number of nitrogens with one attached hydrogen (secondary N) is 1. The second kappa shape index (κ2) is 5.96. The fourth-order valence-corrected chi connectivity index (χ4v) is 1.50. The van der Waals surface area contributed by atoms with Crippen LogP contribution in [0.3, 0.4) is 0 Å². The maximum Gasteiger partial charge on any atom is 0.354 e. The van der Waals surface area contributed by atoms with Crippen LogP contribution in [0.4, 0.5) is 10.2 Å². The second-order valence-corrected chi connectivity index (χ2v) is 3.83. The molecule has 0 radical (unpaired) electrons. The van der Waals surface area contributed by atoms with Gasteiger partial charge < -0.3 is 15.2 Å². The zero-order chi connectivity index (χ0) is 14.5. The molecule has 0 aliphatic heterocycles. The van der Waals surface area contributed by atoms with Gasteiger partial charge in [0, 0.05) is 13.1 Å². The normalized spacial score (nSPS) is 10.1. The SMILES string of the molecule is CNc1cc(C(=O)O)nc(COc2ccccc2F)n1. The second-order valence-electron chi connectivity index (χ2n) is 3.83. The summed E-state index contributed by atoms with van der Waals surface area (Å²) in [6.45, 7) is -0.128. The van der Waals surface area contributed by atoms with E-state index in [-0.39, 0.29) is 23.9 Å². The zero-order valence-corrected chi connectivity index (χ0v) is 10.6. The minimum atomic E-state index is -1.17. The average molecular weight is 277 g/mol. The first kappa shape index (κ1) is 13.7. The maximum atomic E-state index is 13.4. The average Bonchev–Trinajstić information content (AvgIpc) is 2.46. The third-order valence-corrected chi connectivity index (χ3v) is 2.44. The Bertz CT molecular complexity index is 634. The number of carboxylic acids is 1. The maximum absolute atomic E-state index is 13.4. The van der Waals surface area contributed by atoms with Crippen molar-refractivity contribution in [2.75, 3.05) is 12.4 Å². The molecule has 0 aliphatic carbocycles. The number of hydrogen-bond donors (Lipinski definition) is 2. The third kappa shape index (κ3) is 3.19. The lowest BCUT2D eigenvalue weighted by Crippen LogP contribution is -2.10. The Balaban J connectivity index is 2.19. The number of ether oxygens (including phenoxy) is 1. The van der Waals surface area contributed by atoms with E-state index in [9.17, 15) is 9.18 Å². The number of rotatable bonds is 5. The van der Waals surface area contributed by atoms with Gasteiger partial charge in [0.15, 0.2) is 23.1 Å². The van der Waals surface area contributed by atoms with Gasteiger partial charge in [0.1, 0.15) is 12.4 Å². The molecule has 0 aliphatic rings. The van der Waals surface area contributed by atoms with E-state index in [1.807, 2.05) is 0 Å². The van der Waals surface area contributed by atoms with Gasteiger partial charge in [-0.05, 0) is 12.1 Å². The van der Waals surface area contributed by atoms with Crippen molar-refractivity contribution >= 4 is 11.8 Å². The van der Waals surface area contributed by atoms with Gasteiger partial charge >= 0.3 is 5.97 Å². The van der Waals surface area contributed by atoms with Crippen LogP contribution >= 0.6 is 0 Å². The van der Waals surface area contributed by atoms with Gasteiger partial charge in [0.05, 0.1) is 0 Å². The summed E-state index contributed by atoms with van der Waals surface area (Å²) in [4.78, 5) is 18.8. The van der Waals surface area contributed by atoms with Crippen LogP contribution in [-0.4, -0.2) is 28.1 Å². The Labute approximate surface area is 114 Å². The van der Waals surface area contributed by atoms with Crippen molar-refractivity contribution in [2.24, 2.45) is 0 Å². The first-order chi connectivity index (χ1) is 9.60. The van der Waals surface area contributed by atoms with E-state index < -0.39 is 11.8 Å². The van der Waals surface area contributed by atoms with E-state index in [0.29, 0.717) is 5.82 Å². The van der Waals surface area contributed by atoms with Gasteiger partial charge in [0.25, 0.3) is 0 Å². The van der Waals surface area contributed by atoms with Crippen LogP contribution in [-0.2, 0) is 6.61 Å². The molecule has 104 valence electrons. The molecule has 0 saturated carbocycles. The van der Waals surface area contributed by atoms with Gasteiger partial charge in [-0.3, -0.25) is 0 Å². The molecule has 1 aromatic heterocycles. The molecule has 7 heteroatoms. The van der Waals surface area contributed by atoms with Gasteiger partial charge in [-0.15, -0.1) is 0 Å². The number of aromatic nitrogens is 2. The Morgan fingerprint density at radius 2 is 2.15 bits per heavy atom. The van der Waals surface area contributed by atoms with Crippen molar-refractivity contribution in [3.8, 4) is 5.75 Å². The molecule has 0 atom stereocenters. The van der Waals surface area contributed by atoms with Crippen LogP contribution in [0.1, 0.15) is 16.3 Å². The highest BCUT2D eigenvalue weighted by Crippen LogP contribution is 2.17. The lowest BCUT2D eigenvalue weighted by Gasteiger charge is -2.08. The van der Waals surface area contributed by atoms with E-state index >= 15 is 0 Å². The van der Waals surface area contributed by atoms with Crippen LogP contribution in [0.5, 0.6) is 5.75 Å². The monoisotopic (exact) mass is 277 g/mol. The molecular weight excluding hydrogens is 265 g/mol. The van der Waals surface area contributed by atoms with Crippen molar-refractivity contribution in [1.29, 1.82) is 0 Å². The summed E-state index contributed by atoms with van der Waals surface area (Å²) in [5, 5.41) is 11.7. The summed E-state index contributed by atoms with van der Waals surface area (Å²) in [6, 6.07) is 7.21. The van der Waals surface area contributed by atoms with Gasteiger partial charge in [0.2, 0.25) is 0 Å². The number of carbonyl (C=O) groups is 1. The number of para-hydroxylation sites is 1. The number of anilines is 1. The summed E-state index contributed by atoms with van der Waals surface area (Å²) in [6.07, 6.45) is 0. The van der Waals surface area contributed by atoms with E-state index in [1.54, 1.807) is 19.2 Å². The van der Waals surface area contributed by atoms with Crippen LogP contribution in [0.2, 0.25) is 0 Å². The van der Waals surface area contributed by atoms with Crippen molar-refractivity contribution in [1.82, 2.24) is 9.97 Å². The molecule has 2 N–H and O–H groups in total. The molecule has 2 aromatic rings. The third-order valence-electron chi connectivity index (χ3n) is 2.44. The molecule has 6 nitrogen and oxygen atoms in total. The largest absolute Gasteiger partial charge is 0.483 e. The molecule has 0 fully saturated rings. The molecule has 1 heterocycles. The standard InChI is InChI=1S/C13H12FN3O3/c1-15-11-6-9(13(18)19)16-12(17-11)7-20-10-5-3-2-4-8(10)14/h2-6H,7H2,1H3,(H,18,19)(H,15,16,17). The van der Waals surface area contributed by atoms with Crippen LogP contribution in [0.15, 0.2) is 30.3 Å². The fourth-order valence-electron chi connectivity index (χ4n) is 1.50. The summed E-state index contributed by atoms with van der Waals surface area (Å²) in [5.41, 5.74) is -0.156. The Kier molecular flexibility index (Phi) is 4.09. The van der Waals surface area contributed by atoms with E-state index in [4.69, 9.17) is 9.84 Å². The molecule has 0 amide bonds. The predicted octanol–water partition coefficient (Wildman–Crippen LogP) is 1.93. The lowest BCUT2D eigenvalue weighted by atomic mass is 10.3. The first-order valence-corrected chi connectivity index (χ1v) is 5.76. The lowest BCUT2D eigenvalue weighted by molar-refractivity contribution is 0.0689. The molecule has 2 rings (SSSR count). The fraction of sp³-hybridized carbons (Fsp3) is 0.154. The molecular formula is C13H12FN3O3. The van der Waals surface area contributed by atoms with Gasteiger partial charge in [-0.2, -0.15) is 0 Å². The van der Waals surface area contributed by atoms with Crippen molar-refractivity contribution < 1.29 is 19.0 Å². The predicted molar refractivity (Wildman–Crippen MR) is 69.3 cm³/mol. The highest BCUT2D eigenvalue weighted by molar-refractivity contribution is 5.86. The smallest absolute Gasteiger partial charge is 0.354 e. The Morgan fingerprint density at radius 3 is 2.80 bits per heavy atom. The van der Waals surface area contributed by atoms with Crippen LogP contribution in [0, 0.1) is 5.82 Å². The van der Waals surface area contributed by atoms with Gasteiger partial charge in [-0.1, -0.05) is 12.1 Å². The molecule has 1 aromatic carbocycles. The van der Waals surface area contributed by atoms with E-state index in [2.05, 4.69) is 15.3 Å². The highest BCUT2D eigenvalue weighted by atomic mass is 19.1. The quantitative estimate of drug-likeness (QED) is 0.868. The van der Waals surface area contributed by atoms with E-state index in [0.717, 1.165) is 0 Å². The molecule has 0 spiro atoms. The number of nitrogens with zero attached hydrogens (tertiary/aromatic N) is 2. The Morgan fingerprint density at radius 1 is 1.40 bits per heavy atom. The number of aromatic carboxylic acids is 1. The van der Waals surface area contributed by atoms with Crippen LogP contribution in [0.25, 0.3) is 0 Å². The first-order valence-electron chi connectivity index (χ1n) is 5.76. The number of halogens is 1. The summed E-state index contributed by atoms with van der Waals surface area (Å²) < 4.78 is 18.6. The molecule has 20 heavy (non-hydrogen) atoms.